The summed E-state index contributed by atoms with van der Waals surface area (Å²) in [5.74, 6) is -6.26. The number of hydrogen-bond acceptors (Lipinski definition) is 13. The van der Waals surface area contributed by atoms with Crippen LogP contribution in [0.3, 0.4) is 0 Å². The van der Waals surface area contributed by atoms with Gasteiger partial charge in [0.15, 0.2) is 0 Å². The summed E-state index contributed by atoms with van der Waals surface area (Å²) in [6.07, 6.45) is 1.76. The van der Waals surface area contributed by atoms with Crippen LogP contribution in [0.4, 0.5) is 0 Å². The topological polar surface area (TPSA) is 369 Å². The fourth-order valence-corrected chi connectivity index (χ4v) is 9.92. The predicted octanol–water partition coefficient (Wildman–Crippen LogP) is -4.77. The maximum Gasteiger partial charge on any atom is 0.338 e. The summed E-state index contributed by atoms with van der Waals surface area (Å²) in [7, 11) is 2.17. The number of carbonyl (C=O) groups excluding carboxylic acids is 9. The van der Waals surface area contributed by atoms with Crippen molar-refractivity contribution in [1.82, 2.24) is 47.1 Å². The number of para-hydroxylation sites is 1. The summed E-state index contributed by atoms with van der Waals surface area (Å²) in [6, 6.07) is -2.85. The smallest absolute Gasteiger partial charge is 0.338 e. The zero-order chi connectivity index (χ0) is 50.1. The SMILES string of the molecule is CC(C)C[C@H]1NC(=O)[C@H]2CCCN2C(=O)[C@@H](CCC[NH+]=C(N)N)NC(=O)[C@@H](N)CSSC[C@@H](C(=O)NCC=O)NC(=O)[C@@H](C)NC(=O)[C@@H]([C@H](C)O)NC(=O)[C@@H](Cc2c[nH]c3ccccc23)NC1=O. The van der Waals surface area contributed by atoms with Gasteiger partial charge in [0.1, 0.15) is 48.6 Å². The van der Waals surface area contributed by atoms with Gasteiger partial charge in [-0.15, -0.1) is 0 Å². The van der Waals surface area contributed by atoms with Crippen LogP contribution >= 0.6 is 21.6 Å². The highest BCUT2D eigenvalue weighted by atomic mass is 33.1. The molecule has 3 heterocycles. The number of aromatic nitrogens is 1. The van der Waals surface area contributed by atoms with Crippen LogP contribution in [-0.4, -0.2) is 160 Å². The van der Waals surface area contributed by atoms with Crippen molar-refractivity contribution in [3.05, 3.63) is 36.0 Å². The Kier molecular flexibility index (Phi) is 21.4. The van der Waals surface area contributed by atoms with Crippen molar-refractivity contribution in [2.45, 2.75) is 121 Å². The van der Waals surface area contributed by atoms with E-state index in [2.05, 4.69) is 47.2 Å². The molecule has 2 aliphatic heterocycles. The average molecular weight is 989 g/mol. The van der Waals surface area contributed by atoms with E-state index < -0.39 is 102 Å². The van der Waals surface area contributed by atoms with E-state index in [1.807, 2.05) is 32.0 Å². The summed E-state index contributed by atoms with van der Waals surface area (Å²) >= 11 is 0. The lowest BCUT2D eigenvalue weighted by molar-refractivity contribution is -0.459. The van der Waals surface area contributed by atoms with Gasteiger partial charge in [0.25, 0.3) is 0 Å². The summed E-state index contributed by atoms with van der Waals surface area (Å²) in [5, 5.41) is 29.8. The van der Waals surface area contributed by atoms with Crippen LogP contribution in [-0.2, 0) is 49.6 Å². The number of nitrogens with zero attached hydrogens (tertiary/aromatic N) is 1. The minimum Gasteiger partial charge on any atom is -0.391 e. The molecule has 0 unspecified atom stereocenters. The fourth-order valence-electron chi connectivity index (χ4n) is 7.64. The highest BCUT2D eigenvalue weighted by Crippen LogP contribution is 2.24. The van der Waals surface area contributed by atoms with Crippen LogP contribution in [0.15, 0.2) is 30.5 Å². The molecule has 9 atom stereocenters. The Balaban J connectivity index is 1.73. The number of nitrogens with one attached hydrogen (secondary N) is 9. The maximum absolute atomic E-state index is 14.4. The summed E-state index contributed by atoms with van der Waals surface area (Å²) < 4.78 is 0. The second-order valence-electron chi connectivity index (χ2n) is 17.2. The van der Waals surface area contributed by atoms with E-state index in [9.17, 15) is 48.3 Å². The van der Waals surface area contributed by atoms with E-state index in [1.54, 1.807) is 12.3 Å². The normalized spacial score (nSPS) is 26.0. The molecule has 4 rings (SSSR count). The third-order valence-corrected chi connectivity index (χ3v) is 13.7. The van der Waals surface area contributed by atoms with Crippen molar-refractivity contribution in [3.8, 4) is 0 Å². The predicted molar refractivity (Wildman–Crippen MR) is 256 cm³/mol. The standard InChI is InChI=1S/C43H65N13O10S2/c1-22(2)17-30-38(62)52-31(18-25-19-49-28-10-6-5-9-26(25)28)39(63)55-34(24(4)58)41(65)50-23(3)35(59)54-32(37(61)47-14-16-57)21-68-67-20-27(44)36(60)51-29(11-7-13-48-43(45)46)42(66)56-15-8-12-33(56)40(64)53-30/h5-6,9-10,16,19,22-24,27,29-34,49,58H,7-8,11-15,17-18,20-21,44H2,1-4H3,(H,47,61)(H,50,65)(H,51,60)(H,52,62)(H,53,64)(H,54,59)(H,55,63)(H4,45,46,48)/p+1/t23-,24+,27+,29-,30-,31-,32+,33-,34-/m1/s1. The molecule has 0 bridgehead atoms. The molecule has 1 aromatic heterocycles. The summed E-state index contributed by atoms with van der Waals surface area (Å²) in [4.78, 5) is 129. The third-order valence-electron chi connectivity index (χ3n) is 11.2. The highest BCUT2D eigenvalue weighted by Gasteiger charge is 2.40. The van der Waals surface area contributed by atoms with Crippen LogP contribution in [0, 0.1) is 5.92 Å². The number of benzene rings is 1. The molecule has 0 radical (unpaired) electrons. The molecule has 0 saturated carbocycles. The van der Waals surface area contributed by atoms with Gasteiger partial charge in [-0.2, -0.15) is 0 Å². The monoisotopic (exact) mass is 988 g/mol. The minimum atomic E-state index is -1.65. The van der Waals surface area contributed by atoms with E-state index >= 15 is 0 Å². The molecule has 0 aliphatic carbocycles. The van der Waals surface area contributed by atoms with E-state index in [4.69, 9.17) is 17.2 Å². The number of carbonyl (C=O) groups is 9. The first kappa shape index (κ1) is 54.7. The molecular weight excluding hydrogens is 923 g/mol. The number of H-pyrrole nitrogens is 1. The Morgan fingerprint density at radius 3 is 2.25 bits per heavy atom. The number of guanidine groups is 1. The number of fused-ring (bicyclic) bond motifs is 2. The van der Waals surface area contributed by atoms with Crippen LogP contribution < -0.4 is 59.4 Å². The van der Waals surface area contributed by atoms with E-state index in [0.29, 0.717) is 24.7 Å². The fraction of sp³-hybridized carbons (Fsp3) is 0.581. The highest BCUT2D eigenvalue weighted by molar-refractivity contribution is 8.76. The Hall–Kier alpha value is -5.92. The van der Waals surface area contributed by atoms with Crippen molar-refractivity contribution in [2.24, 2.45) is 23.1 Å². The third kappa shape index (κ3) is 16.1. The zero-order valence-electron chi connectivity index (χ0n) is 38.6. The van der Waals surface area contributed by atoms with Crippen LogP contribution in [0.2, 0.25) is 0 Å². The minimum absolute atomic E-state index is 0.0101. The first-order chi connectivity index (χ1) is 32.3. The van der Waals surface area contributed by atoms with Crippen LogP contribution in [0.25, 0.3) is 10.9 Å². The first-order valence-corrected chi connectivity index (χ1v) is 25.0. The van der Waals surface area contributed by atoms with Gasteiger partial charge in [-0.1, -0.05) is 53.6 Å². The van der Waals surface area contributed by atoms with Gasteiger partial charge in [0.2, 0.25) is 47.3 Å². The second kappa shape index (κ2) is 26.6. The Morgan fingerprint density at radius 2 is 1.56 bits per heavy atom. The molecule has 68 heavy (non-hydrogen) atoms. The number of aliphatic hydroxyl groups is 1. The molecular formula is C43H66N13O10S2+. The Morgan fingerprint density at radius 1 is 0.882 bits per heavy atom. The quantitative estimate of drug-likeness (QED) is 0.0312. The zero-order valence-corrected chi connectivity index (χ0v) is 40.3. The second-order valence-corrected chi connectivity index (χ2v) is 19.7. The lowest BCUT2D eigenvalue weighted by atomic mass is 10.00. The van der Waals surface area contributed by atoms with Gasteiger partial charge >= 0.3 is 5.96 Å². The first-order valence-electron chi connectivity index (χ1n) is 22.5. The number of nitrogens with two attached hydrogens (primary N) is 3. The lowest BCUT2D eigenvalue weighted by Crippen LogP contribution is -2.78. The molecule has 16 N–H and O–H groups in total. The van der Waals surface area contributed by atoms with E-state index in [-0.39, 0.29) is 68.7 Å². The summed E-state index contributed by atoms with van der Waals surface area (Å²) in [6.45, 7) is 6.33. The molecule has 2 aliphatic rings. The van der Waals surface area contributed by atoms with Gasteiger partial charge in [0, 0.05) is 41.6 Å². The molecule has 25 heteroatoms. The number of aldehydes is 1. The number of rotatable bonds is 12. The van der Waals surface area contributed by atoms with E-state index in [0.717, 1.165) is 32.5 Å². The molecule has 374 valence electrons. The van der Waals surface area contributed by atoms with Gasteiger partial charge in [-0.3, -0.25) is 54.8 Å². The molecule has 2 aromatic rings. The molecule has 1 aromatic carbocycles. The van der Waals surface area contributed by atoms with Crippen molar-refractivity contribution in [3.63, 3.8) is 0 Å². The Bertz CT molecular complexity index is 2150. The van der Waals surface area contributed by atoms with Crippen LogP contribution in [0.1, 0.15) is 65.4 Å². The maximum atomic E-state index is 14.4. The van der Waals surface area contributed by atoms with Crippen molar-refractivity contribution in [2.75, 3.05) is 31.1 Å². The van der Waals surface area contributed by atoms with Crippen LogP contribution in [0.5, 0.6) is 0 Å². The van der Waals surface area contributed by atoms with Gasteiger partial charge in [-0.05, 0) is 63.5 Å². The molecule has 2 saturated heterocycles. The number of aromatic amines is 1. The summed E-state index contributed by atoms with van der Waals surface area (Å²) in [5.41, 5.74) is 18.8. The average Bonchev–Trinajstić information content (AvgIpc) is 3.95. The number of amides is 8. The van der Waals surface area contributed by atoms with Crippen molar-refractivity contribution in [1.29, 1.82) is 0 Å². The van der Waals surface area contributed by atoms with Gasteiger partial charge in [0.05, 0.1) is 25.2 Å². The lowest BCUT2D eigenvalue weighted by Gasteiger charge is -2.31. The molecule has 0 spiro atoms. The number of aliphatic hydroxyl groups excluding tert-OH is 1. The largest absolute Gasteiger partial charge is 0.391 e. The molecule has 8 amide bonds. The Labute approximate surface area is 402 Å². The van der Waals surface area contributed by atoms with Crippen molar-refractivity contribution < 1.29 is 53.2 Å². The van der Waals surface area contributed by atoms with E-state index in [1.165, 1.54) is 18.7 Å². The van der Waals surface area contributed by atoms with Gasteiger partial charge in [-0.25, -0.2) is 0 Å². The van der Waals surface area contributed by atoms with Crippen molar-refractivity contribution >= 4 is 92.0 Å². The molecule has 23 nitrogen and oxygen atoms in total. The number of hydrogen-bond donors (Lipinski definition) is 13. The van der Waals surface area contributed by atoms with Gasteiger partial charge < -0.3 is 62.7 Å². The molecule has 2 fully saturated rings.